The number of allylic oxidation sites excluding steroid dienone is 6. The maximum atomic E-state index is 12.5. The molecule has 0 saturated heterocycles. The van der Waals surface area contributed by atoms with E-state index < -0.39 is 12.1 Å². The number of aliphatic hydroxyl groups excluding tert-OH is 2. The Hall–Kier alpha value is -1.92. The molecule has 0 radical (unpaired) electrons. The second-order valence-corrected chi connectivity index (χ2v) is 25.3. The van der Waals surface area contributed by atoms with E-state index in [1.807, 2.05) is 0 Å². The Kier molecular flexibility index (Phi) is 68.9. The highest BCUT2D eigenvalue weighted by Gasteiger charge is 2.20. The molecule has 0 rings (SSSR count). The first-order valence-electron chi connectivity index (χ1n) is 36.7. The number of unbranched alkanes of at least 4 members (excludes halogenated alkanes) is 52. The van der Waals surface area contributed by atoms with E-state index in [0.717, 1.165) is 51.4 Å². The van der Waals surface area contributed by atoms with Crippen LogP contribution in [0.4, 0.5) is 0 Å². The van der Waals surface area contributed by atoms with Gasteiger partial charge < -0.3 is 20.3 Å². The summed E-state index contributed by atoms with van der Waals surface area (Å²) in [5.74, 6) is -0.0246. The van der Waals surface area contributed by atoms with Crippen LogP contribution in [-0.4, -0.2) is 47.4 Å². The molecule has 478 valence electrons. The van der Waals surface area contributed by atoms with Crippen LogP contribution in [-0.2, 0) is 14.3 Å². The van der Waals surface area contributed by atoms with E-state index in [4.69, 9.17) is 4.74 Å². The minimum atomic E-state index is -0.664. The maximum absolute atomic E-state index is 12.5. The summed E-state index contributed by atoms with van der Waals surface area (Å²) in [6.07, 6.45) is 90.7. The first-order chi connectivity index (χ1) is 40.0. The molecule has 0 aromatic heterocycles. The lowest BCUT2D eigenvalue weighted by Gasteiger charge is -2.22. The van der Waals surface area contributed by atoms with Crippen LogP contribution in [0.1, 0.15) is 406 Å². The van der Waals surface area contributed by atoms with Crippen molar-refractivity contribution in [2.45, 2.75) is 418 Å². The van der Waals surface area contributed by atoms with E-state index >= 15 is 0 Å². The summed E-state index contributed by atoms with van der Waals surface area (Å²) in [6, 6.07) is -0.541. The SMILES string of the molecule is CCCCC/C=C\CCCCCCCC(=O)OCCCCCCCCCCC/C=C\C/C=C\CCCCCCCCCCCCCCCCCCCC(=O)NC(CO)C(O)CCCCCCCCCCCCCCCCCCCCC. The zero-order chi connectivity index (χ0) is 58.5. The Bertz CT molecular complexity index is 1310. The minimum Gasteiger partial charge on any atom is -0.466 e. The fourth-order valence-electron chi connectivity index (χ4n) is 11.6. The van der Waals surface area contributed by atoms with Crippen molar-refractivity contribution in [3.05, 3.63) is 36.5 Å². The lowest BCUT2D eigenvalue weighted by atomic mass is 10.0. The number of hydrogen-bond acceptors (Lipinski definition) is 5. The standard InChI is InChI=1S/C75H143NO5/c1-3-5-7-9-11-13-15-17-18-19-35-38-41-44-47-51-55-59-63-67-73(78)72(71-77)76-74(79)68-64-60-56-52-48-45-42-39-36-33-31-29-27-25-23-21-20-22-24-26-28-30-32-34-37-40-43-46-50-54-58-62-66-70-81-75(80)69-65-61-57-53-49-16-14-12-10-8-6-4-2/h12,14,24,26,30,32,72-73,77-78H,3-11,13,15-23,25,27-29,31,33-71H2,1-2H3,(H,76,79)/b14-12-,26-24-,32-30-. The molecule has 0 aliphatic carbocycles. The number of amides is 1. The van der Waals surface area contributed by atoms with Crippen LogP contribution >= 0.6 is 0 Å². The van der Waals surface area contributed by atoms with Gasteiger partial charge in [-0.25, -0.2) is 0 Å². The van der Waals surface area contributed by atoms with Gasteiger partial charge in [-0.15, -0.1) is 0 Å². The second kappa shape index (κ2) is 70.6. The van der Waals surface area contributed by atoms with Gasteiger partial charge in [0, 0.05) is 12.8 Å². The summed E-state index contributed by atoms with van der Waals surface area (Å²) >= 11 is 0. The number of hydrogen-bond donors (Lipinski definition) is 3. The van der Waals surface area contributed by atoms with E-state index in [1.165, 1.54) is 321 Å². The van der Waals surface area contributed by atoms with Crippen molar-refractivity contribution >= 4 is 11.9 Å². The number of esters is 1. The van der Waals surface area contributed by atoms with Gasteiger partial charge in [-0.1, -0.05) is 346 Å². The highest BCUT2D eigenvalue weighted by Crippen LogP contribution is 2.19. The third kappa shape index (κ3) is 67.1. The smallest absolute Gasteiger partial charge is 0.305 e. The average Bonchev–Trinajstić information content (AvgIpc) is 3.47. The predicted molar refractivity (Wildman–Crippen MR) is 356 cm³/mol. The van der Waals surface area contributed by atoms with Crippen LogP contribution in [0.15, 0.2) is 36.5 Å². The van der Waals surface area contributed by atoms with Gasteiger partial charge in [-0.2, -0.15) is 0 Å². The summed E-state index contributed by atoms with van der Waals surface area (Å²) in [5.41, 5.74) is 0. The van der Waals surface area contributed by atoms with Crippen molar-refractivity contribution in [2.75, 3.05) is 13.2 Å². The van der Waals surface area contributed by atoms with E-state index in [2.05, 4.69) is 55.6 Å². The van der Waals surface area contributed by atoms with Gasteiger partial charge in [0.2, 0.25) is 5.91 Å². The van der Waals surface area contributed by atoms with Crippen LogP contribution in [0.25, 0.3) is 0 Å². The van der Waals surface area contributed by atoms with E-state index in [1.54, 1.807) is 0 Å². The minimum absolute atomic E-state index is 0.00443. The van der Waals surface area contributed by atoms with Gasteiger partial charge in [0.25, 0.3) is 0 Å². The summed E-state index contributed by atoms with van der Waals surface area (Å²) in [7, 11) is 0. The first kappa shape index (κ1) is 79.1. The number of aliphatic hydroxyl groups is 2. The fraction of sp³-hybridized carbons (Fsp3) is 0.893. The normalized spacial score (nSPS) is 12.7. The third-order valence-electron chi connectivity index (χ3n) is 17.2. The molecule has 2 atom stereocenters. The number of carbonyl (C=O) groups excluding carboxylic acids is 2. The van der Waals surface area contributed by atoms with Crippen molar-refractivity contribution in [3.63, 3.8) is 0 Å². The van der Waals surface area contributed by atoms with Gasteiger partial charge >= 0.3 is 5.97 Å². The number of ether oxygens (including phenoxy) is 1. The first-order valence-corrected chi connectivity index (χ1v) is 36.7. The van der Waals surface area contributed by atoms with Crippen molar-refractivity contribution in [2.24, 2.45) is 0 Å². The van der Waals surface area contributed by atoms with E-state index in [-0.39, 0.29) is 18.5 Å². The Morgan fingerprint density at radius 2 is 0.617 bits per heavy atom. The lowest BCUT2D eigenvalue weighted by Crippen LogP contribution is -2.45. The molecule has 0 aliphatic rings. The van der Waals surface area contributed by atoms with Crippen molar-refractivity contribution < 1.29 is 24.5 Å². The Balaban J connectivity index is 3.38. The Labute approximate surface area is 506 Å². The highest BCUT2D eigenvalue weighted by molar-refractivity contribution is 5.76. The highest BCUT2D eigenvalue weighted by atomic mass is 16.5. The summed E-state index contributed by atoms with van der Waals surface area (Å²) in [6.45, 7) is 4.96. The molecular formula is C75H143NO5. The summed E-state index contributed by atoms with van der Waals surface area (Å²) in [4.78, 5) is 24.6. The number of carbonyl (C=O) groups is 2. The molecule has 6 heteroatoms. The zero-order valence-electron chi connectivity index (χ0n) is 54.8. The topological polar surface area (TPSA) is 95.9 Å². The summed E-state index contributed by atoms with van der Waals surface area (Å²) in [5, 5.41) is 23.4. The quantitative estimate of drug-likeness (QED) is 0.0320. The molecule has 0 aromatic carbocycles. The molecule has 0 aliphatic heterocycles. The zero-order valence-corrected chi connectivity index (χ0v) is 54.8. The van der Waals surface area contributed by atoms with Gasteiger partial charge in [0.05, 0.1) is 25.4 Å². The van der Waals surface area contributed by atoms with E-state index in [0.29, 0.717) is 25.9 Å². The van der Waals surface area contributed by atoms with Crippen LogP contribution in [0.2, 0.25) is 0 Å². The van der Waals surface area contributed by atoms with Gasteiger partial charge in [0.1, 0.15) is 0 Å². The maximum Gasteiger partial charge on any atom is 0.305 e. The third-order valence-corrected chi connectivity index (χ3v) is 17.2. The largest absolute Gasteiger partial charge is 0.466 e. The molecule has 0 bridgehead atoms. The molecular weight excluding hydrogens is 995 g/mol. The summed E-state index contributed by atoms with van der Waals surface area (Å²) < 4.78 is 5.47. The number of nitrogens with one attached hydrogen (secondary N) is 1. The van der Waals surface area contributed by atoms with Gasteiger partial charge in [-0.3, -0.25) is 9.59 Å². The number of rotatable bonds is 69. The van der Waals surface area contributed by atoms with Gasteiger partial charge in [-0.05, 0) is 83.5 Å². The van der Waals surface area contributed by atoms with Crippen LogP contribution in [0.3, 0.4) is 0 Å². The molecule has 0 fully saturated rings. The van der Waals surface area contributed by atoms with Crippen LogP contribution < -0.4 is 5.32 Å². The molecule has 0 aromatic rings. The predicted octanol–water partition coefficient (Wildman–Crippen LogP) is 23.9. The molecule has 81 heavy (non-hydrogen) atoms. The monoisotopic (exact) mass is 1140 g/mol. The van der Waals surface area contributed by atoms with Gasteiger partial charge in [0.15, 0.2) is 0 Å². The molecule has 0 heterocycles. The second-order valence-electron chi connectivity index (χ2n) is 25.3. The molecule has 2 unspecified atom stereocenters. The lowest BCUT2D eigenvalue weighted by molar-refractivity contribution is -0.143. The Morgan fingerprint density at radius 3 is 0.975 bits per heavy atom. The molecule has 1 amide bonds. The average molecular weight is 1140 g/mol. The molecule has 3 N–H and O–H groups in total. The molecule has 6 nitrogen and oxygen atoms in total. The van der Waals surface area contributed by atoms with E-state index in [9.17, 15) is 19.8 Å². The fourth-order valence-corrected chi connectivity index (χ4v) is 11.6. The van der Waals surface area contributed by atoms with Crippen LogP contribution in [0, 0.1) is 0 Å². The van der Waals surface area contributed by atoms with Crippen LogP contribution in [0.5, 0.6) is 0 Å². The van der Waals surface area contributed by atoms with Crippen molar-refractivity contribution in [3.8, 4) is 0 Å². The Morgan fingerprint density at radius 1 is 0.346 bits per heavy atom. The van der Waals surface area contributed by atoms with Crippen molar-refractivity contribution in [1.82, 2.24) is 5.32 Å². The molecule has 0 spiro atoms. The molecule has 0 saturated carbocycles. The van der Waals surface area contributed by atoms with Crippen molar-refractivity contribution in [1.29, 1.82) is 0 Å².